The van der Waals surface area contributed by atoms with Crippen molar-refractivity contribution in [1.29, 1.82) is 0 Å². The molecule has 1 aromatic carbocycles. The first kappa shape index (κ1) is 12.4. The summed E-state index contributed by atoms with van der Waals surface area (Å²) in [6.45, 7) is 8.56. The molecule has 0 fully saturated rings. The van der Waals surface area contributed by atoms with E-state index in [9.17, 15) is 5.11 Å². The van der Waals surface area contributed by atoms with Gasteiger partial charge in [-0.15, -0.1) is 0 Å². The predicted molar refractivity (Wildman–Crippen MR) is 68.3 cm³/mol. The van der Waals surface area contributed by atoms with Crippen LogP contribution < -0.4 is 4.74 Å². The number of hydrogen-bond donors (Lipinski definition) is 1. The Hall–Kier alpha value is -1.06. The lowest BCUT2D eigenvalue weighted by Gasteiger charge is -2.38. The maximum absolute atomic E-state index is 10.2. The van der Waals surface area contributed by atoms with E-state index in [2.05, 4.69) is 37.8 Å². The van der Waals surface area contributed by atoms with Crippen molar-refractivity contribution < 1.29 is 9.84 Å². The smallest absolute Gasteiger partial charge is 0.127 e. The molecule has 0 aliphatic carbocycles. The highest BCUT2D eigenvalue weighted by molar-refractivity contribution is 5.44. The fourth-order valence-electron chi connectivity index (χ4n) is 2.63. The summed E-state index contributed by atoms with van der Waals surface area (Å²) in [6.07, 6.45) is -0.441. The minimum atomic E-state index is -0.441. The molecule has 0 spiro atoms. The standard InChI is InChI=1S/C14H21NO2/c1-4-15(5-2)13-11-8-6-7-10(3)14(11)17-9-12(13)16/h6-8,12-13,16H,4-5,9H2,1-3H3. The Balaban J connectivity index is 2.43. The van der Waals surface area contributed by atoms with Crippen LogP contribution in [0.3, 0.4) is 0 Å². The number of aliphatic hydroxyl groups is 1. The highest BCUT2D eigenvalue weighted by Gasteiger charge is 2.33. The molecule has 2 atom stereocenters. The van der Waals surface area contributed by atoms with Crippen molar-refractivity contribution in [2.75, 3.05) is 19.7 Å². The number of rotatable bonds is 3. The largest absolute Gasteiger partial charge is 0.490 e. The van der Waals surface area contributed by atoms with Crippen LogP contribution in [-0.4, -0.2) is 35.8 Å². The van der Waals surface area contributed by atoms with Crippen LogP contribution in [0.2, 0.25) is 0 Å². The normalized spacial score (nSPS) is 23.4. The number of aliphatic hydroxyl groups excluding tert-OH is 1. The molecule has 3 nitrogen and oxygen atoms in total. The van der Waals surface area contributed by atoms with Gasteiger partial charge < -0.3 is 9.84 Å². The van der Waals surface area contributed by atoms with Crippen LogP contribution in [-0.2, 0) is 0 Å². The predicted octanol–water partition coefficient (Wildman–Crippen LogP) is 2.13. The number of nitrogens with zero attached hydrogens (tertiary/aromatic N) is 1. The zero-order chi connectivity index (χ0) is 12.4. The fraction of sp³-hybridized carbons (Fsp3) is 0.571. The Labute approximate surface area is 103 Å². The second-order valence-electron chi connectivity index (χ2n) is 4.54. The van der Waals surface area contributed by atoms with Crippen molar-refractivity contribution in [1.82, 2.24) is 4.90 Å². The number of benzene rings is 1. The third-order valence-electron chi connectivity index (χ3n) is 3.53. The molecule has 2 rings (SSSR count). The first-order chi connectivity index (χ1) is 8.19. The number of aryl methyl sites for hydroxylation is 1. The van der Waals surface area contributed by atoms with E-state index < -0.39 is 6.10 Å². The summed E-state index contributed by atoms with van der Waals surface area (Å²) in [5, 5.41) is 10.2. The lowest BCUT2D eigenvalue weighted by molar-refractivity contribution is 0.00338. The maximum atomic E-state index is 10.2. The van der Waals surface area contributed by atoms with Crippen molar-refractivity contribution in [3.8, 4) is 5.75 Å². The van der Waals surface area contributed by atoms with Crippen LogP contribution in [0.5, 0.6) is 5.75 Å². The Morgan fingerprint density at radius 1 is 1.35 bits per heavy atom. The number of ether oxygens (including phenoxy) is 1. The molecule has 0 saturated carbocycles. The van der Waals surface area contributed by atoms with E-state index in [1.54, 1.807) is 0 Å². The van der Waals surface area contributed by atoms with E-state index in [0.717, 1.165) is 30.0 Å². The van der Waals surface area contributed by atoms with Gasteiger partial charge in [-0.05, 0) is 25.6 Å². The number of fused-ring (bicyclic) bond motifs is 1. The van der Waals surface area contributed by atoms with Crippen LogP contribution >= 0.6 is 0 Å². The van der Waals surface area contributed by atoms with Gasteiger partial charge in [-0.1, -0.05) is 32.0 Å². The second-order valence-corrected chi connectivity index (χ2v) is 4.54. The van der Waals surface area contributed by atoms with Crippen molar-refractivity contribution in [3.63, 3.8) is 0 Å². The first-order valence-electron chi connectivity index (χ1n) is 6.33. The van der Waals surface area contributed by atoms with Crippen molar-refractivity contribution in [2.24, 2.45) is 0 Å². The molecule has 1 N–H and O–H groups in total. The summed E-state index contributed by atoms with van der Waals surface area (Å²) in [7, 11) is 0. The third-order valence-corrected chi connectivity index (χ3v) is 3.53. The lowest BCUT2D eigenvalue weighted by atomic mass is 9.94. The third kappa shape index (κ3) is 2.17. The minimum Gasteiger partial charge on any atom is -0.490 e. The minimum absolute atomic E-state index is 0.0636. The second kappa shape index (κ2) is 5.07. The van der Waals surface area contributed by atoms with Crippen molar-refractivity contribution in [3.05, 3.63) is 29.3 Å². The van der Waals surface area contributed by atoms with Gasteiger partial charge in [-0.3, -0.25) is 4.90 Å². The van der Waals surface area contributed by atoms with Crippen LogP contribution in [0.4, 0.5) is 0 Å². The van der Waals surface area contributed by atoms with E-state index in [1.165, 1.54) is 0 Å². The van der Waals surface area contributed by atoms with Crippen LogP contribution in [0.25, 0.3) is 0 Å². The molecule has 1 aliphatic rings. The first-order valence-corrected chi connectivity index (χ1v) is 6.33. The van der Waals surface area contributed by atoms with Gasteiger partial charge >= 0.3 is 0 Å². The average molecular weight is 235 g/mol. The summed E-state index contributed by atoms with van der Waals surface area (Å²) in [5.41, 5.74) is 2.26. The summed E-state index contributed by atoms with van der Waals surface area (Å²) >= 11 is 0. The van der Waals surface area contributed by atoms with Crippen molar-refractivity contribution >= 4 is 0 Å². The van der Waals surface area contributed by atoms with Crippen molar-refractivity contribution in [2.45, 2.75) is 32.9 Å². The quantitative estimate of drug-likeness (QED) is 0.871. The molecule has 1 heterocycles. The van der Waals surface area contributed by atoms with E-state index in [4.69, 9.17) is 4.74 Å². The van der Waals surface area contributed by atoms with Crippen LogP contribution in [0.15, 0.2) is 18.2 Å². The highest BCUT2D eigenvalue weighted by Crippen LogP contribution is 2.37. The summed E-state index contributed by atoms with van der Waals surface area (Å²) in [5.74, 6) is 0.953. The van der Waals surface area contributed by atoms with E-state index >= 15 is 0 Å². The molecule has 0 aromatic heterocycles. The summed E-state index contributed by atoms with van der Waals surface area (Å²) in [4.78, 5) is 2.28. The molecule has 17 heavy (non-hydrogen) atoms. The van der Waals surface area contributed by atoms with Gasteiger partial charge in [0.1, 0.15) is 18.5 Å². The van der Waals surface area contributed by atoms with Gasteiger partial charge in [-0.25, -0.2) is 0 Å². The van der Waals surface area contributed by atoms with Gasteiger partial charge in [0.05, 0.1) is 6.04 Å². The van der Waals surface area contributed by atoms with Gasteiger partial charge in [-0.2, -0.15) is 0 Å². The molecule has 3 heteroatoms. The zero-order valence-electron chi connectivity index (χ0n) is 10.8. The highest BCUT2D eigenvalue weighted by atomic mass is 16.5. The molecule has 0 radical (unpaired) electrons. The number of hydrogen-bond acceptors (Lipinski definition) is 3. The topological polar surface area (TPSA) is 32.7 Å². The SMILES string of the molecule is CCN(CC)C1c2cccc(C)c2OCC1O. The van der Waals surface area contributed by atoms with Gasteiger partial charge in [0, 0.05) is 5.56 Å². The molecule has 0 amide bonds. The summed E-state index contributed by atoms with van der Waals surface area (Å²) < 4.78 is 5.66. The molecule has 1 aromatic rings. The molecular formula is C14H21NO2. The molecule has 1 aliphatic heterocycles. The molecular weight excluding hydrogens is 214 g/mol. The molecule has 0 saturated heterocycles. The summed E-state index contributed by atoms with van der Waals surface area (Å²) in [6, 6.07) is 6.21. The van der Waals surface area contributed by atoms with Crippen LogP contribution in [0, 0.1) is 6.92 Å². The van der Waals surface area contributed by atoms with E-state index in [-0.39, 0.29) is 6.04 Å². The number of para-hydroxylation sites is 1. The Morgan fingerprint density at radius 2 is 2.06 bits per heavy atom. The Morgan fingerprint density at radius 3 is 2.71 bits per heavy atom. The molecule has 0 bridgehead atoms. The lowest BCUT2D eigenvalue weighted by Crippen LogP contribution is -2.42. The molecule has 2 unspecified atom stereocenters. The van der Waals surface area contributed by atoms with Gasteiger partial charge in [0.25, 0.3) is 0 Å². The van der Waals surface area contributed by atoms with E-state index in [1.807, 2.05) is 6.07 Å². The van der Waals surface area contributed by atoms with Gasteiger partial charge in [0.2, 0.25) is 0 Å². The number of likely N-dealkylation sites (N-methyl/N-ethyl adjacent to an activating group) is 1. The Bertz CT molecular complexity index is 388. The van der Waals surface area contributed by atoms with Crippen LogP contribution in [0.1, 0.15) is 31.0 Å². The van der Waals surface area contributed by atoms with E-state index in [0.29, 0.717) is 6.61 Å². The maximum Gasteiger partial charge on any atom is 0.127 e. The Kier molecular flexibility index (Phi) is 3.69. The van der Waals surface area contributed by atoms with Gasteiger partial charge in [0.15, 0.2) is 0 Å². The zero-order valence-corrected chi connectivity index (χ0v) is 10.8. The fourth-order valence-corrected chi connectivity index (χ4v) is 2.63. The monoisotopic (exact) mass is 235 g/mol. The molecule has 94 valence electrons. The average Bonchev–Trinajstić information content (AvgIpc) is 2.33.